The normalized spacial score (nSPS) is 17.8. The minimum atomic E-state index is -0.866. The van der Waals surface area contributed by atoms with Gasteiger partial charge in [-0.25, -0.2) is 0 Å². The van der Waals surface area contributed by atoms with E-state index in [9.17, 15) is 14.4 Å². The zero-order valence-corrected chi connectivity index (χ0v) is 30.7. The summed E-state index contributed by atoms with van der Waals surface area (Å²) in [4.78, 5) is 45.4. The van der Waals surface area contributed by atoms with Gasteiger partial charge in [-0.15, -0.1) is 0 Å². The number of nitrogens with one attached hydrogen (secondary N) is 1. The number of hydrogen-bond donors (Lipinski definition) is 3. The summed E-state index contributed by atoms with van der Waals surface area (Å²) in [5.74, 6) is 4.73. The molecule has 0 fully saturated rings. The molecule has 276 valence electrons. The smallest absolute Gasteiger partial charge is 0.305 e. The van der Waals surface area contributed by atoms with E-state index < -0.39 is 5.97 Å². The molecule has 1 aliphatic heterocycles. The molecule has 9 nitrogen and oxygen atoms in total. The highest BCUT2D eigenvalue weighted by Crippen LogP contribution is 2.47. The number of carbonyl (C=O) groups is 3. The molecule has 0 bridgehead atoms. The monoisotopic (exact) mass is 729 g/mol. The molecule has 3 unspecified atom stereocenters. The van der Waals surface area contributed by atoms with Crippen LogP contribution in [0.4, 0.5) is 5.69 Å². The third-order valence-corrected chi connectivity index (χ3v) is 10.6. The molecule has 3 atom stereocenters. The van der Waals surface area contributed by atoms with Gasteiger partial charge in [-0.05, 0) is 100 Å². The lowest BCUT2D eigenvalue weighted by atomic mass is 9.69. The fourth-order valence-corrected chi connectivity index (χ4v) is 7.92. The molecule has 1 heterocycles. The number of Topliss-reactive ketones (excluding diaryl/α,β-unsaturated/α-hetero) is 1. The minimum absolute atomic E-state index is 0.0221. The van der Waals surface area contributed by atoms with Crippen molar-refractivity contribution in [3.8, 4) is 11.1 Å². The molecule has 55 heavy (non-hydrogen) atoms. The first-order valence-electron chi connectivity index (χ1n) is 18.7. The Balaban J connectivity index is 0.000000259. The molecule has 0 saturated carbocycles. The molecule has 5 aromatic rings. The standard InChI is InChI=1S/C35H33N3O2.C11H10N2O2/c1-22-20-33(39)31(15-12-23-6-3-2-4-7-23)34-26(22)16-17-28-27-8-5-9-32(29(27)18-19-30(28)34)38-35(40)25-13-10-24(11-14-25)21-37-36;14-11(15)5-9-7-12-6-8-3-1-2-4-10(8)13-9/h2-11,13-14,16-17,21-22,31H,12,15,18-20,36H2,1H3,(H,38,40);1-4,6-7,9H,5H2,(H,14,15). The zero-order valence-electron chi connectivity index (χ0n) is 30.7. The Morgan fingerprint density at radius 2 is 1.64 bits per heavy atom. The van der Waals surface area contributed by atoms with Crippen LogP contribution < -0.4 is 21.7 Å². The van der Waals surface area contributed by atoms with Gasteiger partial charge in [-0.1, -0.05) is 91.9 Å². The van der Waals surface area contributed by atoms with E-state index in [1.54, 1.807) is 30.8 Å². The molecule has 1 amide bonds. The third-order valence-electron chi connectivity index (χ3n) is 10.6. The Bertz CT molecular complexity index is 2420. The molecule has 2 aliphatic carbocycles. The number of fused-ring (bicyclic) bond motifs is 6. The molecule has 9 heteroatoms. The number of nitrogens with zero attached hydrogens (tertiary/aromatic N) is 3. The quantitative estimate of drug-likeness (QED) is 0.0918. The van der Waals surface area contributed by atoms with Crippen molar-refractivity contribution in [3.63, 3.8) is 0 Å². The second-order valence-electron chi connectivity index (χ2n) is 14.2. The fraction of sp³-hybridized carbons (Fsp3) is 0.217. The Morgan fingerprint density at radius 3 is 2.42 bits per heavy atom. The maximum absolute atomic E-state index is 13.4. The average Bonchev–Trinajstić information content (AvgIpc) is 3.40. The first-order valence-corrected chi connectivity index (χ1v) is 18.7. The number of aryl methyl sites for hydroxylation is 1. The highest BCUT2D eigenvalue weighted by molar-refractivity contribution is 6.05. The molecule has 0 aromatic heterocycles. The highest BCUT2D eigenvalue weighted by atomic mass is 16.4. The molecule has 0 saturated heterocycles. The maximum atomic E-state index is 13.4. The second kappa shape index (κ2) is 16.7. The van der Waals surface area contributed by atoms with Crippen LogP contribution >= 0.6 is 0 Å². The molecule has 8 rings (SSSR count). The SMILES string of the molecule is CC1CC(=O)C(CCc2ccccc2)c2c1ccc1c2CCc2c(NC(=O)c3ccc(C=NN)cc3)cccc2-1.O=C(O)CC1C=NC=c2ccccc2=N1. The van der Waals surface area contributed by atoms with E-state index in [1.807, 2.05) is 54.6 Å². The molecular formula is C46H43N5O4. The summed E-state index contributed by atoms with van der Waals surface area (Å²) in [6.45, 7) is 2.18. The number of carbonyl (C=O) groups excluding carboxylic acids is 2. The van der Waals surface area contributed by atoms with Gasteiger partial charge >= 0.3 is 5.97 Å². The van der Waals surface area contributed by atoms with Gasteiger partial charge in [0, 0.05) is 41.2 Å². The van der Waals surface area contributed by atoms with Crippen LogP contribution in [0.1, 0.15) is 81.8 Å². The fourth-order valence-electron chi connectivity index (χ4n) is 7.92. The molecule has 0 spiro atoms. The van der Waals surface area contributed by atoms with Crippen molar-refractivity contribution in [3.05, 3.63) is 159 Å². The Hall–Kier alpha value is -6.48. The van der Waals surface area contributed by atoms with Gasteiger partial charge in [-0.2, -0.15) is 5.10 Å². The van der Waals surface area contributed by atoms with Crippen LogP contribution in [0, 0.1) is 0 Å². The molecule has 4 N–H and O–H groups in total. The summed E-state index contributed by atoms with van der Waals surface area (Å²) >= 11 is 0. The summed E-state index contributed by atoms with van der Waals surface area (Å²) in [5.41, 5.74) is 10.9. The predicted octanol–water partition coefficient (Wildman–Crippen LogP) is 6.76. The summed E-state index contributed by atoms with van der Waals surface area (Å²) in [7, 11) is 0. The highest BCUT2D eigenvalue weighted by Gasteiger charge is 2.35. The van der Waals surface area contributed by atoms with E-state index >= 15 is 0 Å². The van der Waals surface area contributed by atoms with E-state index in [1.165, 1.54) is 27.8 Å². The summed E-state index contributed by atoms with van der Waals surface area (Å²) < 4.78 is 0. The third kappa shape index (κ3) is 8.36. The van der Waals surface area contributed by atoms with E-state index in [0.29, 0.717) is 17.8 Å². The van der Waals surface area contributed by atoms with Gasteiger partial charge in [0.1, 0.15) is 5.78 Å². The molecule has 5 aromatic carbocycles. The van der Waals surface area contributed by atoms with Crippen LogP contribution in [-0.4, -0.2) is 41.2 Å². The van der Waals surface area contributed by atoms with E-state index in [0.717, 1.165) is 58.6 Å². The van der Waals surface area contributed by atoms with Crippen molar-refractivity contribution in [2.75, 3.05) is 5.32 Å². The summed E-state index contributed by atoms with van der Waals surface area (Å²) in [5, 5.41) is 17.1. The van der Waals surface area contributed by atoms with Crippen LogP contribution in [0.5, 0.6) is 0 Å². The lowest BCUT2D eigenvalue weighted by molar-refractivity contribution is -0.137. The predicted molar refractivity (Wildman–Crippen MR) is 217 cm³/mol. The first kappa shape index (κ1) is 36.9. The average molecular weight is 730 g/mol. The van der Waals surface area contributed by atoms with Gasteiger partial charge in [-0.3, -0.25) is 24.4 Å². The number of anilines is 1. The van der Waals surface area contributed by atoms with Crippen LogP contribution in [0.25, 0.3) is 17.3 Å². The summed E-state index contributed by atoms with van der Waals surface area (Å²) in [6.07, 6.45) is 8.78. The number of carboxylic acids is 1. The Morgan fingerprint density at radius 1 is 0.891 bits per heavy atom. The minimum Gasteiger partial charge on any atom is -0.481 e. The molecule has 0 radical (unpaired) electrons. The van der Waals surface area contributed by atoms with E-state index in [-0.39, 0.29) is 30.2 Å². The topological polar surface area (TPSA) is 147 Å². The van der Waals surface area contributed by atoms with Crippen molar-refractivity contribution in [2.45, 2.75) is 63.3 Å². The largest absolute Gasteiger partial charge is 0.481 e. The van der Waals surface area contributed by atoms with Crippen LogP contribution in [0.15, 0.2) is 124 Å². The number of ketones is 1. The number of aliphatic carboxylic acids is 1. The van der Waals surface area contributed by atoms with Crippen molar-refractivity contribution in [1.82, 2.24) is 0 Å². The van der Waals surface area contributed by atoms with Crippen molar-refractivity contribution < 1.29 is 19.5 Å². The number of benzene rings is 5. The zero-order chi connectivity index (χ0) is 38.3. The molecule has 3 aliphatic rings. The number of aliphatic imine (C=N–C) groups is 1. The first-order chi connectivity index (χ1) is 26.8. The van der Waals surface area contributed by atoms with Gasteiger partial charge in [0.15, 0.2) is 0 Å². The van der Waals surface area contributed by atoms with Crippen molar-refractivity contribution in [2.24, 2.45) is 20.9 Å². The number of rotatable bonds is 8. The number of hydrogen-bond acceptors (Lipinski definition) is 7. The lowest BCUT2D eigenvalue weighted by Gasteiger charge is -2.34. The van der Waals surface area contributed by atoms with E-state index in [4.69, 9.17) is 10.9 Å². The van der Waals surface area contributed by atoms with Crippen molar-refractivity contribution >= 4 is 42.0 Å². The van der Waals surface area contributed by atoms with E-state index in [2.05, 4.69) is 69.8 Å². The Labute approximate surface area is 320 Å². The maximum Gasteiger partial charge on any atom is 0.305 e. The number of amides is 1. The van der Waals surface area contributed by atoms with Gasteiger partial charge < -0.3 is 16.3 Å². The van der Waals surface area contributed by atoms with Crippen LogP contribution in [0.2, 0.25) is 0 Å². The molecular weight excluding hydrogens is 687 g/mol. The van der Waals surface area contributed by atoms with Gasteiger partial charge in [0.05, 0.1) is 24.0 Å². The van der Waals surface area contributed by atoms with Crippen LogP contribution in [0.3, 0.4) is 0 Å². The number of para-hydroxylation sites is 1. The Kier molecular flexibility index (Phi) is 11.2. The number of hydrazone groups is 1. The second-order valence-corrected chi connectivity index (χ2v) is 14.2. The van der Waals surface area contributed by atoms with Crippen LogP contribution in [-0.2, 0) is 28.9 Å². The summed E-state index contributed by atoms with van der Waals surface area (Å²) in [6, 6.07) is 35.4. The van der Waals surface area contributed by atoms with Gasteiger partial charge in [0.2, 0.25) is 0 Å². The van der Waals surface area contributed by atoms with Crippen molar-refractivity contribution in [1.29, 1.82) is 0 Å². The van der Waals surface area contributed by atoms with Gasteiger partial charge in [0.25, 0.3) is 5.91 Å². The number of nitrogens with two attached hydrogens (primary N) is 1. The number of carboxylic acid groups (broad SMARTS) is 1. The lowest BCUT2D eigenvalue weighted by Crippen LogP contribution is -2.26.